The molecule has 1 fully saturated rings. The maximum atomic E-state index is 11.9. The summed E-state index contributed by atoms with van der Waals surface area (Å²) in [5.74, 6) is 1.41. The highest BCUT2D eigenvalue weighted by Gasteiger charge is 2.17. The monoisotopic (exact) mass is 384 g/mol. The molecule has 3 rings (SSSR count). The van der Waals surface area contributed by atoms with Crippen LogP contribution in [0.1, 0.15) is 17.9 Å². The van der Waals surface area contributed by atoms with Crippen LogP contribution in [0.4, 0.5) is 0 Å². The first kappa shape index (κ1) is 18.0. The van der Waals surface area contributed by atoms with Gasteiger partial charge in [-0.15, -0.1) is 0 Å². The number of carbonyl (C=O) groups is 1. The quantitative estimate of drug-likeness (QED) is 0.792. The Morgan fingerprint density at radius 2 is 2.20 bits per heavy atom. The summed E-state index contributed by atoms with van der Waals surface area (Å²) in [4.78, 5) is 11.9. The lowest BCUT2D eigenvalue weighted by Crippen LogP contribution is -2.30. The third kappa shape index (κ3) is 5.36. The van der Waals surface area contributed by atoms with Gasteiger partial charge >= 0.3 is 0 Å². The van der Waals surface area contributed by atoms with Gasteiger partial charge in [0.15, 0.2) is 5.76 Å². The molecule has 0 bridgehead atoms. The minimum absolute atomic E-state index is 0.0860. The van der Waals surface area contributed by atoms with Crippen molar-refractivity contribution in [2.45, 2.75) is 19.4 Å². The molecule has 1 saturated heterocycles. The van der Waals surface area contributed by atoms with Gasteiger partial charge in [-0.1, -0.05) is 28.4 Å². The molecule has 1 aromatic carbocycles. The fourth-order valence-electron chi connectivity index (χ4n) is 2.46. The molecule has 25 heavy (non-hydrogen) atoms. The fourth-order valence-corrected chi connectivity index (χ4v) is 2.75. The van der Waals surface area contributed by atoms with Gasteiger partial charge in [0.1, 0.15) is 12.4 Å². The zero-order chi connectivity index (χ0) is 17.6. The Morgan fingerprint density at radius 1 is 1.32 bits per heavy atom. The van der Waals surface area contributed by atoms with Gasteiger partial charge in [0, 0.05) is 31.2 Å². The standard InChI is InChI=1S/C17H18Cl2N2O4/c18-15-2-1-13(7-16(15)19)24-10-14-5-12(21-25-14)6-17(22)20-8-11-3-4-23-9-11/h1-2,5,7,11H,3-4,6,8-10H2,(H,20,22). The van der Waals surface area contributed by atoms with E-state index in [2.05, 4.69) is 10.5 Å². The van der Waals surface area contributed by atoms with Crippen LogP contribution in [0, 0.1) is 5.92 Å². The number of nitrogens with one attached hydrogen (secondary N) is 1. The predicted molar refractivity (Wildman–Crippen MR) is 92.9 cm³/mol. The van der Waals surface area contributed by atoms with Gasteiger partial charge in [-0.3, -0.25) is 4.79 Å². The predicted octanol–water partition coefficient (Wildman–Crippen LogP) is 3.26. The van der Waals surface area contributed by atoms with E-state index in [4.69, 9.17) is 37.2 Å². The number of nitrogens with zero attached hydrogens (tertiary/aromatic N) is 1. The first-order valence-electron chi connectivity index (χ1n) is 7.97. The van der Waals surface area contributed by atoms with E-state index in [-0.39, 0.29) is 18.9 Å². The molecule has 1 unspecified atom stereocenters. The molecule has 0 spiro atoms. The Hall–Kier alpha value is -1.76. The van der Waals surface area contributed by atoms with E-state index in [0.717, 1.165) is 13.0 Å². The summed E-state index contributed by atoms with van der Waals surface area (Å²) in [6.07, 6.45) is 1.16. The zero-order valence-corrected chi connectivity index (χ0v) is 15.0. The number of halogens is 2. The summed E-state index contributed by atoms with van der Waals surface area (Å²) in [5.41, 5.74) is 0.563. The second kappa shape index (κ2) is 8.56. The lowest BCUT2D eigenvalue weighted by atomic mass is 10.1. The first-order valence-corrected chi connectivity index (χ1v) is 8.72. The molecule has 2 aromatic rings. The molecule has 1 aliphatic heterocycles. The highest BCUT2D eigenvalue weighted by molar-refractivity contribution is 6.42. The normalized spacial score (nSPS) is 16.8. The molecule has 0 radical (unpaired) electrons. The molecule has 0 saturated carbocycles. The van der Waals surface area contributed by atoms with Crippen LogP contribution in [0.2, 0.25) is 10.0 Å². The van der Waals surface area contributed by atoms with E-state index >= 15 is 0 Å². The van der Waals surface area contributed by atoms with Gasteiger partial charge in [0.2, 0.25) is 5.91 Å². The van der Waals surface area contributed by atoms with Crippen molar-refractivity contribution >= 4 is 29.1 Å². The Kier molecular flexibility index (Phi) is 6.18. The van der Waals surface area contributed by atoms with Crippen LogP contribution in [0.15, 0.2) is 28.8 Å². The molecule has 1 aromatic heterocycles. The average Bonchev–Trinajstić information content (AvgIpc) is 3.26. The SMILES string of the molecule is O=C(Cc1cc(COc2ccc(Cl)c(Cl)c2)on1)NCC1CCOC1. The summed E-state index contributed by atoms with van der Waals surface area (Å²) >= 11 is 11.8. The first-order chi connectivity index (χ1) is 12.1. The molecule has 134 valence electrons. The maximum absolute atomic E-state index is 11.9. The van der Waals surface area contributed by atoms with E-state index in [1.54, 1.807) is 24.3 Å². The van der Waals surface area contributed by atoms with E-state index in [1.165, 1.54) is 0 Å². The molecule has 1 aliphatic rings. The number of hydrogen-bond donors (Lipinski definition) is 1. The van der Waals surface area contributed by atoms with Crippen molar-refractivity contribution in [3.05, 3.63) is 45.8 Å². The van der Waals surface area contributed by atoms with Gasteiger partial charge < -0.3 is 19.3 Å². The van der Waals surface area contributed by atoms with E-state index in [1.807, 2.05) is 0 Å². The third-order valence-electron chi connectivity index (χ3n) is 3.83. The number of rotatable bonds is 7. The zero-order valence-electron chi connectivity index (χ0n) is 13.5. The summed E-state index contributed by atoms with van der Waals surface area (Å²) in [6.45, 7) is 2.29. The van der Waals surface area contributed by atoms with Crippen molar-refractivity contribution in [1.29, 1.82) is 0 Å². The Labute approximate surface area is 155 Å². The van der Waals surface area contributed by atoms with Crippen LogP contribution < -0.4 is 10.1 Å². The highest BCUT2D eigenvalue weighted by atomic mass is 35.5. The van der Waals surface area contributed by atoms with Crippen molar-refractivity contribution in [3.8, 4) is 5.75 Å². The van der Waals surface area contributed by atoms with Crippen molar-refractivity contribution in [1.82, 2.24) is 10.5 Å². The van der Waals surface area contributed by atoms with Gasteiger partial charge in [-0.05, 0) is 18.6 Å². The summed E-state index contributed by atoms with van der Waals surface area (Å²) in [5, 5.41) is 7.67. The second-order valence-electron chi connectivity index (χ2n) is 5.86. The Bertz CT molecular complexity index is 729. The molecular weight excluding hydrogens is 367 g/mol. The Morgan fingerprint density at radius 3 is 2.96 bits per heavy atom. The largest absolute Gasteiger partial charge is 0.485 e. The number of aromatic nitrogens is 1. The number of amides is 1. The number of benzene rings is 1. The van der Waals surface area contributed by atoms with Crippen molar-refractivity contribution in [2.24, 2.45) is 5.92 Å². The van der Waals surface area contributed by atoms with Crippen LogP contribution in [0.3, 0.4) is 0 Å². The van der Waals surface area contributed by atoms with Gasteiger partial charge in [0.05, 0.1) is 28.8 Å². The van der Waals surface area contributed by atoms with Crippen LogP contribution >= 0.6 is 23.2 Å². The topological polar surface area (TPSA) is 73.6 Å². The molecule has 0 aliphatic carbocycles. The maximum Gasteiger partial charge on any atom is 0.226 e. The lowest BCUT2D eigenvalue weighted by molar-refractivity contribution is -0.120. The molecule has 1 N–H and O–H groups in total. The summed E-state index contributed by atoms with van der Waals surface area (Å²) in [6, 6.07) is 6.70. The summed E-state index contributed by atoms with van der Waals surface area (Å²) in [7, 11) is 0. The lowest BCUT2D eigenvalue weighted by Gasteiger charge is -2.08. The van der Waals surface area contributed by atoms with Crippen LogP contribution in [0.5, 0.6) is 5.75 Å². The minimum atomic E-state index is -0.0860. The number of ether oxygens (including phenoxy) is 2. The van der Waals surface area contributed by atoms with Crippen molar-refractivity contribution < 1.29 is 18.8 Å². The van der Waals surface area contributed by atoms with E-state index < -0.39 is 0 Å². The van der Waals surface area contributed by atoms with E-state index in [0.29, 0.717) is 46.3 Å². The van der Waals surface area contributed by atoms with Crippen molar-refractivity contribution in [2.75, 3.05) is 19.8 Å². The molecule has 2 heterocycles. The Balaban J connectivity index is 1.44. The number of hydrogen-bond acceptors (Lipinski definition) is 5. The van der Waals surface area contributed by atoms with Crippen LogP contribution in [-0.2, 0) is 22.6 Å². The fraction of sp³-hybridized carbons (Fsp3) is 0.412. The van der Waals surface area contributed by atoms with Gasteiger partial charge in [0.25, 0.3) is 0 Å². The molecule has 1 amide bonds. The summed E-state index contributed by atoms with van der Waals surface area (Å²) < 4.78 is 16.0. The average molecular weight is 385 g/mol. The van der Waals surface area contributed by atoms with Crippen LogP contribution in [-0.4, -0.2) is 30.8 Å². The molecule has 1 atom stereocenters. The smallest absolute Gasteiger partial charge is 0.226 e. The molecule has 8 heteroatoms. The third-order valence-corrected chi connectivity index (χ3v) is 4.57. The van der Waals surface area contributed by atoms with Gasteiger partial charge in [-0.2, -0.15) is 0 Å². The van der Waals surface area contributed by atoms with Crippen molar-refractivity contribution in [3.63, 3.8) is 0 Å². The minimum Gasteiger partial charge on any atom is -0.485 e. The highest BCUT2D eigenvalue weighted by Crippen LogP contribution is 2.26. The second-order valence-corrected chi connectivity index (χ2v) is 6.67. The number of carbonyl (C=O) groups excluding carboxylic acids is 1. The molecular formula is C17H18Cl2N2O4. The molecule has 6 nitrogen and oxygen atoms in total. The van der Waals surface area contributed by atoms with Crippen LogP contribution in [0.25, 0.3) is 0 Å². The van der Waals surface area contributed by atoms with E-state index in [9.17, 15) is 4.79 Å². The van der Waals surface area contributed by atoms with Gasteiger partial charge in [-0.25, -0.2) is 0 Å².